The zero-order chi connectivity index (χ0) is 18.6. The Bertz CT molecular complexity index is 926. The summed E-state index contributed by atoms with van der Waals surface area (Å²) in [5.74, 6) is 0.873. The Balaban J connectivity index is 1.61. The van der Waals surface area contributed by atoms with E-state index in [-0.39, 0.29) is 12.1 Å². The van der Waals surface area contributed by atoms with E-state index in [2.05, 4.69) is 10.3 Å². The van der Waals surface area contributed by atoms with Crippen LogP contribution in [0.5, 0.6) is 5.75 Å². The normalized spacial score (nSPS) is 15.8. The molecule has 2 aromatic carbocycles. The number of fused-ring (bicyclic) bond motifs is 1. The van der Waals surface area contributed by atoms with Crippen LogP contribution in [-0.4, -0.2) is 29.4 Å². The molecule has 0 saturated heterocycles. The Labute approximate surface area is 158 Å². The second-order valence-corrected chi connectivity index (χ2v) is 6.47. The highest BCUT2D eigenvalue weighted by atomic mass is 16.5. The second-order valence-electron chi connectivity index (χ2n) is 6.47. The summed E-state index contributed by atoms with van der Waals surface area (Å²) in [6.45, 7) is 0.611. The molecular weight excluding hydrogens is 338 g/mol. The van der Waals surface area contributed by atoms with Gasteiger partial charge in [-0.05, 0) is 53.9 Å². The second kappa shape index (κ2) is 7.50. The largest absolute Gasteiger partial charge is 0.497 e. The van der Waals surface area contributed by atoms with E-state index in [9.17, 15) is 4.79 Å². The molecule has 27 heavy (non-hydrogen) atoms. The number of nitrogens with zero attached hydrogens (tertiary/aromatic N) is 2. The number of methoxy groups -OCH3 is 1. The number of hydrogen-bond donors (Lipinski definition) is 1. The Morgan fingerprint density at radius 2 is 1.78 bits per heavy atom. The van der Waals surface area contributed by atoms with E-state index < -0.39 is 0 Å². The van der Waals surface area contributed by atoms with Crippen molar-refractivity contribution in [2.24, 2.45) is 0 Å². The summed E-state index contributed by atoms with van der Waals surface area (Å²) in [4.78, 5) is 19.2. The van der Waals surface area contributed by atoms with Gasteiger partial charge in [-0.3, -0.25) is 9.78 Å². The maximum atomic E-state index is 13.2. The average molecular weight is 359 g/mol. The molecule has 1 atom stereocenters. The van der Waals surface area contributed by atoms with Crippen molar-refractivity contribution in [2.45, 2.75) is 12.6 Å². The third-order valence-corrected chi connectivity index (χ3v) is 4.84. The molecule has 1 aromatic heterocycles. The summed E-state index contributed by atoms with van der Waals surface area (Å²) < 4.78 is 5.21. The summed E-state index contributed by atoms with van der Waals surface area (Å²) >= 11 is 0. The number of nitrogens with one attached hydrogen (secondary N) is 1. The van der Waals surface area contributed by atoms with Gasteiger partial charge in [-0.15, -0.1) is 0 Å². The number of pyridine rings is 1. The lowest BCUT2D eigenvalue weighted by Crippen LogP contribution is -2.44. The summed E-state index contributed by atoms with van der Waals surface area (Å²) in [7, 11) is 1.66. The van der Waals surface area contributed by atoms with Crippen molar-refractivity contribution in [1.82, 2.24) is 9.88 Å². The molecule has 1 aliphatic heterocycles. The van der Waals surface area contributed by atoms with Gasteiger partial charge in [-0.2, -0.15) is 0 Å². The van der Waals surface area contributed by atoms with E-state index in [0.29, 0.717) is 12.1 Å². The van der Waals surface area contributed by atoms with Crippen LogP contribution in [0.1, 0.15) is 27.7 Å². The lowest BCUT2D eigenvalue weighted by molar-refractivity contribution is 0.0685. The van der Waals surface area contributed by atoms with Crippen LogP contribution in [0.3, 0.4) is 0 Å². The first-order chi connectivity index (χ1) is 13.3. The fourth-order valence-corrected chi connectivity index (χ4v) is 3.37. The zero-order valence-electron chi connectivity index (χ0n) is 15.1. The van der Waals surface area contributed by atoms with Crippen LogP contribution >= 0.6 is 0 Å². The summed E-state index contributed by atoms with van der Waals surface area (Å²) in [5, 5.41) is 3.51. The molecule has 1 amide bonds. The number of aromatic nitrogens is 1. The van der Waals surface area contributed by atoms with Gasteiger partial charge in [-0.25, -0.2) is 0 Å². The first kappa shape index (κ1) is 17.1. The number of para-hydroxylation sites is 1. The van der Waals surface area contributed by atoms with Gasteiger partial charge in [0.1, 0.15) is 11.9 Å². The number of hydrogen-bond acceptors (Lipinski definition) is 4. The predicted octanol–water partition coefficient (Wildman–Crippen LogP) is 3.90. The smallest absolute Gasteiger partial charge is 0.257 e. The molecule has 0 bridgehead atoms. The molecule has 0 saturated carbocycles. The summed E-state index contributed by atoms with van der Waals surface area (Å²) in [5.41, 5.74) is 3.75. The van der Waals surface area contributed by atoms with E-state index >= 15 is 0 Å². The molecule has 5 heteroatoms. The lowest BCUT2D eigenvalue weighted by atomic mass is 10.0. The van der Waals surface area contributed by atoms with Gasteiger partial charge >= 0.3 is 0 Å². The van der Waals surface area contributed by atoms with Crippen molar-refractivity contribution in [1.29, 1.82) is 0 Å². The first-order valence-corrected chi connectivity index (χ1v) is 8.95. The molecule has 0 fully saturated rings. The SMILES string of the molecule is COc1ccc(CCN2C(=O)c3ccccc3N[C@H]2c2ccncc2)cc1. The highest BCUT2D eigenvalue weighted by Gasteiger charge is 2.32. The minimum atomic E-state index is -0.214. The maximum absolute atomic E-state index is 13.2. The van der Waals surface area contributed by atoms with Crippen LogP contribution in [0.25, 0.3) is 0 Å². The van der Waals surface area contributed by atoms with Crippen LogP contribution in [-0.2, 0) is 6.42 Å². The molecule has 0 unspecified atom stereocenters. The van der Waals surface area contributed by atoms with E-state index in [1.165, 1.54) is 0 Å². The van der Waals surface area contributed by atoms with Crippen molar-refractivity contribution in [2.75, 3.05) is 19.0 Å². The number of benzene rings is 2. The Hall–Kier alpha value is -3.34. The van der Waals surface area contributed by atoms with Gasteiger partial charge in [0.25, 0.3) is 5.91 Å². The number of ether oxygens (including phenoxy) is 1. The molecule has 5 nitrogen and oxygen atoms in total. The highest BCUT2D eigenvalue weighted by Crippen LogP contribution is 2.32. The topological polar surface area (TPSA) is 54.5 Å². The molecule has 0 radical (unpaired) electrons. The van der Waals surface area contributed by atoms with Gasteiger partial charge < -0.3 is 15.0 Å². The molecule has 4 rings (SSSR count). The van der Waals surface area contributed by atoms with Gasteiger partial charge in [0.05, 0.1) is 12.7 Å². The standard InChI is InChI=1S/C22H21N3O2/c1-27-18-8-6-16(7-9-18)12-15-25-21(17-10-13-23-14-11-17)24-20-5-3-2-4-19(20)22(25)26/h2-11,13-14,21,24H,12,15H2,1H3/t21-/m1/s1. The molecule has 136 valence electrons. The molecule has 0 aliphatic carbocycles. The number of rotatable bonds is 5. The van der Waals surface area contributed by atoms with E-state index in [0.717, 1.165) is 29.0 Å². The number of amides is 1. The zero-order valence-corrected chi connectivity index (χ0v) is 15.1. The lowest BCUT2D eigenvalue weighted by Gasteiger charge is -2.38. The predicted molar refractivity (Wildman–Crippen MR) is 105 cm³/mol. The van der Waals surface area contributed by atoms with Crippen LogP contribution in [0.2, 0.25) is 0 Å². The average Bonchev–Trinajstić information content (AvgIpc) is 2.74. The van der Waals surface area contributed by atoms with Crippen molar-refractivity contribution >= 4 is 11.6 Å². The van der Waals surface area contributed by atoms with Gasteiger partial charge in [0.15, 0.2) is 0 Å². The first-order valence-electron chi connectivity index (χ1n) is 8.95. The quantitative estimate of drug-likeness (QED) is 0.751. The Morgan fingerprint density at radius 1 is 1.04 bits per heavy atom. The van der Waals surface area contributed by atoms with E-state index in [4.69, 9.17) is 4.74 Å². The van der Waals surface area contributed by atoms with Gasteiger partial charge in [0.2, 0.25) is 0 Å². The van der Waals surface area contributed by atoms with Gasteiger partial charge in [0, 0.05) is 24.6 Å². The fourth-order valence-electron chi connectivity index (χ4n) is 3.37. The molecule has 2 heterocycles. The third-order valence-electron chi connectivity index (χ3n) is 4.84. The van der Waals surface area contributed by atoms with Crippen molar-refractivity contribution in [3.8, 4) is 5.75 Å². The molecule has 1 N–H and O–H groups in total. The van der Waals surface area contributed by atoms with Crippen LogP contribution < -0.4 is 10.1 Å². The minimum absolute atomic E-state index is 0.0414. The monoisotopic (exact) mass is 359 g/mol. The Morgan fingerprint density at radius 3 is 2.52 bits per heavy atom. The van der Waals surface area contributed by atoms with Crippen LogP contribution in [0.15, 0.2) is 73.1 Å². The molecular formula is C22H21N3O2. The number of carbonyl (C=O) groups excluding carboxylic acids is 1. The minimum Gasteiger partial charge on any atom is -0.497 e. The number of anilines is 1. The summed E-state index contributed by atoms with van der Waals surface area (Å²) in [6.07, 6.45) is 4.06. The molecule has 0 spiro atoms. The molecule has 3 aromatic rings. The van der Waals surface area contributed by atoms with Crippen molar-refractivity contribution < 1.29 is 9.53 Å². The molecule has 1 aliphatic rings. The van der Waals surface area contributed by atoms with Crippen molar-refractivity contribution in [3.05, 3.63) is 89.7 Å². The Kier molecular flexibility index (Phi) is 4.75. The maximum Gasteiger partial charge on any atom is 0.257 e. The fraction of sp³-hybridized carbons (Fsp3) is 0.182. The highest BCUT2D eigenvalue weighted by molar-refractivity contribution is 6.01. The summed E-state index contributed by atoms with van der Waals surface area (Å²) in [6, 6.07) is 19.5. The number of carbonyl (C=O) groups is 1. The van der Waals surface area contributed by atoms with Crippen molar-refractivity contribution in [3.63, 3.8) is 0 Å². The van der Waals surface area contributed by atoms with Crippen LogP contribution in [0, 0.1) is 0 Å². The van der Waals surface area contributed by atoms with Crippen LogP contribution in [0.4, 0.5) is 5.69 Å². The van der Waals surface area contributed by atoms with E-state index in [1.807, 2.05) is 65.6 Å². The van der Waals surface area contributed by atoms with E-state index in [1.54, 1.807) is 19.5 Å². The van der Waals surface area contributed by atoms with Gasteiger partial charge in [-0.1, -0.05) is 24.3 Å². The third kappa shape index (κ3) is 3.49.